The van der Waals surface area contributed by atoms with Crippen molar-refractivity contribution in [2.24, 2.45) is 17.4 Å². The summed E-state index contributed by atoms with van der Waals surface area (Å²) in [5.74, 6) is -0.436. The second-order valence-electron chi connectivity index (χ2n) is 5.29. The summed E-state index contributed by atoms with van der Waals surface area (Å²) in [6.45, 7) is 3.34. The molecule has 2 amide bonds. The molecular weight excluding hydrogens is 266 g/mol. The molecule has 21 heavy (non-hydrogen) atoms. The SMILES string of the molecule is CC(CCCN)C(=O)N(CCC(N)=O)Cc1ccccc1. The minimum Gasteiger partial charge on any atom is -0.370 e. The number of hydrogen-bond acceptors (Lipinski definition) is 3. The smallest absolute Gasteiger partial charge is 0.225 e. The number of carbonyl (C=O) groups is 2. The minimum atomic E-state index is -0.393. The monoisotopic (exact) mass is 291 g/mol. The van der Waals surface area contributed by atoms with Crippen LogP contribution >= 0.6 is 0 Å². The maximum Gasteiger partial charge on any atom is 0.225 e. The van der Waals surface area contributed by atoms with Gasteiger partial charge in [-0.15, -0.1) is 0 Å². The molecule has 4 N–H and O–H groups in total. The standard InChI is InChI=1S/C16H25N3O2/c1-13(6-5-10-17)16(21)19(11-9-15(18)20)12-14-7-3-2-4-8-14/h2-4,7-8,13H,5-6,9-12,17H2,1H3,(H2,18,20). The van der Waals surface area contributed by atoms with Gasteiger partial charge >= 0.3 is 0 Å². The Morgan fingerprint density at radius 1 is 1.24 bits per heavy atom. The van der Waals surface area contributed by atoms with Gasteiger partial charge < -0.3 is 16.4 Å². The molecule has 0 aliphatic carbocycles. The van der Waals surface area contributed by atoms with Crippen molar-refractivity contribution < 1.29 is 9.59 Å². The van der Waals surface area contributed by atoms with E-state index in [1.165, 1.54) is 0 Å². The largest absolute Gasteiger partial charge is 0.370 e. The molecule has 0 spiro atoms. The lowest BCUT2D eigenvalue weighted by Gasteiger charge is -2.25. The summed E-state index contributed by atoms with van der Waals surface area (Å²) in [7, 11) is 0. The number of carbonyl (C=O) groups excluding carboxylic acids is 2. The van der Waals surface area contributed by atoms with Crippen LogP contribution in [-0.4, -0.2) is 29.8 Å². The van der Waals surface area contributed by atoms with Crippen molar-refractivity contribution >= 4 is 11.8 Å². The molecule has 5 nitrogen and oxygen atoms in total. The maximum absolute atomic E-state index is 12.5. The van der Waals surface area contributed by atoms with Crippen molar-refractivity contribution in [1.82, 2.24) is 4.90 Å². The predicted molar refractivity (Wildman–Crippen MR) is 83.1 cm³/mol. The fraction of sp³-hybridized carbons (Fsp3) is 0.500. The molecule has 1 atom stereocenters. The topological polar surface area (TPSA) is 89.4 Å². The number of nitrogens with zero attached hydrogens (tertiary/aromatic N) is 1. The second-order valence-corrected chi connectivity index (χ2v) is 5.29. The van der Waals surface area contributed by atoms with Gasteiger partial charge in [0.05, 0.1) is 0 Å². The summed E-state index contributed by atoms with van der Waals surface area (Å²) in [4.78, 5) is 25.2. The van der Waals surface area contributed by atoms with Crippen molar-refractivity contribution in [3.8, 4) is 0 Å². The Balaban J connectivity index is 2.71. The maximum atomic E-state index is 12.5. The highest BCUT2D eigenvalue weighted by Crippen LogP contribution is 2.13. The number of hydrogen-bond donors (Lipinski definition) is 2. The van der Waals surface area contributed by atoms with Gasteiger partial charge in [0.15, 0.2) is 0 Å². The van der Waals surface area contributed by atoms with Crippen LogP contribution in [0, 0.1) is 5.92 Å². The first-order valence-electron chi connectivity index (χ1n) is 7.35. The van der Waals surface area contributed by atoms with Crippen LogP contribution in [0.25, 0.3) is 0 Å². The van der Waals surface area contributed by atoms with Gasteiger partial charge in [0.1, 0.15) is 0 Å². The third kappa shape index (κ3) is 6.40. The zero-order chi connectivity index (χ0) is 15.7. The summed E-state index contributed by atoms with van der Waals surface area (Å²) >= 11 is 0. The first-order chi connectivity index (χ1) is 10.0. The van der Waals surface area contributed by atoms with E-state index in [0.29, 0.717) is 19.6 Å². The van der Waals surface area contributed by atoms with Gasteiger partial charge in [0.2, 0.25) is 11.8 Å². The van der Waals surface area contributed by atoms with Crippen LogP contribution in [0.4, 0.5) is 0 Å². The molecule has 0 saturated heterocycles. The van der Waals surface area contributed by atoms with E-state index in [-0.39, 0.29) is 18.2 Å². The number of nitrogens with two attached hydrogens (primary N) is 2. The summed E-state index contributed by atoms with van der Waals surface area (Å²) in [5, 5.41) is 0. The summed E-state index contributed by atoms with van der Waals surface area (Å²) in [6.07, 6.45) is 1.77. The van der Waals surface area contributed by atoms with E-state index in [0.717, 1.165) is 18.4 Å². The molecule has 5 heteroatoms. The molecule has 0 aliphatic rings. The zero-order valence-electron chi connectivity index (χ0n) is 12.6. The van der Waals surface area contributed by atoms with Crippen LogP contribution < -0.4 is 11.5 Å². The van der Waals surface area contributed by atoms with Crippen molar-refractivity contribution in [3.63, 3.8) is 0 Å². The summed E-state index contributed by atoms with van der Waals surface area (Å²) < 4.78 is 0. The molecule has 0 saturated carbocycles. The fourth-order valence-electron chi connectivity index (χ4n) is 2.18. The van der Waals surface area contributed by atoms with Gasteiger partial charge in [-0.05, 0) is 24.9 Å². The Bertz CT molecular complexity index is 448. The molecule has 0 aliphatic heterocycles. The minimum absolute atomic E-state index is 0.0496. The highest BCUT2D eigenvalue weighted by molar-refractivity contribution is 5.79. The third-order valence-electron chi connectivity index (χ3n) is 3.42. The van der Waals surface area contributed by atoms with Crippen molar-refractivity contribution in [2.45, 2.75) is 32.7 Å². The van der Waals surface area contributed by atoms with Crippen LogP contribution in [0.15, 0.2) is 30.3 Å². The van der Waals surface area contributed by atoms with E-state index in [1.54, 1.807) is 4.90 Å². The van der Waals surface area contributed by atoms with E-state index in [4.69, 9.17) is 11.5 Å². The highest BCUT2D eigenvalue weighted by atomic mass is 16.2. The molecule has 116 valence electrons. The normalized spacial score (nSPS) is 11.9. The average molecular weight is 291 g/mol. The first kappa shape index (κ1) is 17.2. The lowest BCUT2D eigenvalue weighted by Crippen LogP contribution is -2.37. The number of benzene rings is 1. The number of primary amides is 1. The first-order valence-corrected chi connectivity index (χ1v) is 7.35. The summed E-state index contributed by atoms with van der Waals surface area (Å²) in [6, 6.07) is 9.74. The molecule has 0 bridgehead atoms. The number of amides is 2. The van der Waals surface area contributed by atoms with Crippen LogP contribution in [0.5, 0.6) is 0 Å². The molecule has 1 unspecified atom stereocenters. The molecule has 0 heterocycles. The lowest BCUT2D eigenvalue weighted by molar-refractivity contribution is -0.136. The highest BCUT2D eigenvalue weighted by Gasteiger charge is 2.20. The van der Waals surface area contributed by atoms with E-state index in [1.807, 2.05) is 37.3 Å². The lowest BCUT2D eigenvalue weighted by atomic mass is 10.0. The van der Waals surface area contributed by atoms with Gasteiger partial charge in [0, 0.05) is 25.4 Å². The van der Waals surface area contributed by atoms with Gasteiger partial charge in [-0.25, -0.2) is 0 Å². The third-order valence-corrected chi connectivity index (χ3v) is 3.42. The summed E-state index contributed by atoms with van der Waals surface area (Å²) in [5.41, 5.74) is 11.7. The molecule has 0 aromatic heterocycles. The Kier molecular flexibility index (Phi) is 7.46. The molecule has 1 aromatic carbocycles. The molecular formula is C16H25N3O2. The van der Waals surface area contributed by atoms with Crippen molar-refractivity contribution in [2.75, 3.05) is 13.1 Å². The predicted octanol–water partition coefficient (Wildman–Crippen LogP) is 1.27. The Morgan fingerprint density at radius 2 is 1.90 bits per heavy atom. The second kappa shape index (κ2) is 9.13. The van der Waals surface area contributed by atoms with E-state index >= 15 is 0 Å². The van der Waals surface area contributed by atoms with Gasteiger partial charge in [-0.3, -0.25) is 9.59 Å². The van der Waals surface area contributed by atoms with Crippen LogP contribution in [-0.2, 0) is 16.1 Å². The van der Waals surface area contributed by atoms with Gasteiger partial charge in [-0.1, -0.05) is 37.3 Å². The van der Waals surface area contributed by atoms with Crippen LogP contribution in [0.2, 0.25) is 0 Å². The van der Waals surface area contributed by atoms with Gasteiger partial charge in [-0.2, -0.15) is 0 Å². The van der Waals surface area contributed by atoms with Gasteiger partial charge in [0.25, 0.3) is 0 Å². The average Bonchev–Trinajstić information content (AvgIpc) is 2.49. The van der Waals surface area contributed by atoms with Crippen LogP contribution in [0.1, 0.15) is 31.7 Å². The van der Waals surface area contributed by atoms with Crippen molar-refractivity contribution in [3.05, 3.63) is 35.9 Å². The zero-order valence-corrected chi connectivity index (χ0v) is 12.6. The quantitative estimate of drug-likeness (QED) is 0.718. The molecule has 0 fully saturated rings. The number of rotatable bonds is 9. The Hall–Kier alpha value is -1.88. The van der Waals surface area contributed by atoms with E-state index in [9.17, 15) is 9.59 Å². The Morgan fingerprint density at radius 3 is 2.48 bits per heavy atom. The fourth-order valence-corrected chi connectivity index (χ4v) is 2.18. The Labute approximate surface area is 126 Å². The molecule has 0 radical (unpaired) electrons. The van der Waals surface area contributed by atoms with Crippen LogP contribution in [0.3, 0.4) is 0 Å². The molecule has 1 rings (SSSR count). The van der Waals surface area contributed by atoms with Crippen molar-refractivity contribution in [1.29, 1.82) is 0 Å². The molecule has 1 aromatic rings. The van der Waals surface area contributed by atoms with E-state index in [2.05, 4.69) is 0 Å². The van der Waals surface area contributed by atoms with E-state index < -0.39 is 5.91 Å².